The van der Waals surface area contributed by atoms with Crippen LogP contribution >= 0.6 is 45.3 Å². The van der Waals surface area contributed by atoms with Crippen LogP contribution < -0.4 is 0 Å². The first-order valence-corrected chi connectivity index (χ1v) is 43.4. The molecular weight excluding hydrogens is 1590 g/mol. The molecule has 24 aromatic rings. The molecule has 0 aliphatic rings. The average Bonchev–Trinajstić information content (AvgIpc) is 1.53. The number of fused-ring (bicyclic) bond motifs is 20. The molecule has 0 saturated heterocycles. The van der Waals surface area contributed by atoms with Crippen molar-refractivity contribution in [1.29, 1.82) is 10.5 Å². The van der Waals surface area contributed by atoms with E-state index in [1.165, 1.54) is 152 Å². The SMILES string of the molecule is N#Cc1ccnc(-c2ccc(-c3cc4sc5ccccc5c4c4ccccc34)cn2)c1.N#Cc1cncc(-c2cccc(-c3cc4sc5ccccc5c4c4ccccc34)n2)c1.[C-]#[N+]c1cc(-c2cccc(-c3cc4sc5ccccc5c4c4ccccc34)c2)ccn1.[C-]#[N+]c1cncc(-c2cccc(-c3cc4sc5ccccc5c4c4ccccc34)c2)c1. The maximum absolute atomic E-state index is 9.21. The summed E-state index contributed by atoms with van der Waals surface area (Å²) in [6.45, 7) is 14.5. The van der Waals surface area contributed by atoms with E-state index in [-0.39, 0.29) is 0 Å². The Morgan fingerprint density at radius 1 is 0.242 bits per heavy atom. The Morgan fingerprint density at radius 2 is 0.653 bits per heavy atom. The minimum Gasteiger partial charge on any atom is -0.361 e. The molecule has 0 spiro atoms. The van der Waals surface area contributed by atoms with Crippen molar-refractivity contribution in [2.45, 2.75) is 0 Å². The molecular formula is C110H62N10S4. The van der Waals surface area contributed by atoms with Crippen LogP contribution in [0.2, 0.25) is 0 Å². The first-order valence-electron chi connectivity index (χ1n) is 40.1. The summed E-state index contributed by atoms with van der Waals surface area (Å²) in [4.78, 5) is 33.5. The second-order valence-electron chi connectivity index (χ2n) is 29.9. The van der Waals surface area contributed by atoms with Crippen LogP contribution in [0.3, 0.4) is 0 Å². The van der Waals surface area contributed by atoms with Crippen LogP contribution in [0.25, 0.3) is 223 Å². The number of hydrogen-bond acceptors (Lipinski definition) is 12. The van der Waals surface area contributed by atoms with Gasteiger partial charge in [-0.3, -0.25) is 19.9 Å². The second kappa shape index (κ2) is 32.5. The van der Waals surface area contributed by atoms with Crippen LogP contribution in [-0.2, 0) is 0 Å². The number of nitriles is 2. The zero-order valence-corrected chi connectivity index (χ0v) is 69.2. The lowest BCUT2D eigenvalue weighted by Crippen LogP contribution is -1.91. The van der Waals surface area contributed by atoms with Crippen LogP contribution in [-0.4, -0.2) is 29.9 Å². The Morgan fingerprint density at radius 3 is 1.14 bits per heavy atom. The maximum atomic E-state index is 9.21. The van der Waals surface area contributed by atoms with Crippen molar-refractivity contribution in [2.24, 2.45) is 0 Å². The van der Waals surface area contributed by atoms with Gasteiger partial charge in [-0.2, -0.15) is 10.5 Å². The maximum Gasteiger partial charge on any atom is 0.270 e. The van der Waals surface area contributed by atoms with Gasteiger partial charge in [0.2, 0.25) is 5.69 Å². The minimum absolute atomic E-state index is 0.417. The van der Waals surface area contributed by atoms with E-state index in [0.717, 1.165) is 56.0 Å². The number of nitrogens with zero attached hydrogens (tertiary/aromatic N) is 10. The van der Waals surface area contributed by atoms with Crippen molar-refractivity contribution in [3.05, 3.63) is 411 Å². The van der Waals surface area contributed by atoms with E-state index in [1.54, 1.807) is 43.1 Å². The number of rotatable bonds is 8. The van der Waals surface area contributed by atoms with Crippen molar-refractivity contribution < 1.29 is 0 Å². The molecule has 10 nitrogen and oxygen atoms in total. The molecule has 0 unspecified atom stereocenters. The van der Waals surface area contributed by atoms with Gasteiger partial charge >= 0.3 is 0 Å². The summed E-state index contributed by atoms with van der Waals surface area (Å²) in [5, 5.41) is 38.9. The zero-order valence-electron chi connectivity index (χ0n) is 65.9. The van der Waals surface area contributed by atoms with E-state index in [0.29, 0.717) is 28.3 Å². The quantitative estimate of drug-likeness (QED) is 0.137. The summed E-state index contributed by atoms with van der Waals surface area (Å²) in [5.74, 6) is 0.417. The average molecular weight is 1650 g/mol. The molecule has 0 bridgehead atoms. The van der Waals surface area contributed by atoms with Gasteiger partial charge in [0, 0.05) is 135 Å². The molecule has 576 valence electrons. The van der Waals surface area contributed by atoms with Crippen molar-refractivity contribution >= 4 is 181 Å². The largest absolute Gasteiger partial charge is 0.361 e. The highest BCUT2D eigenvalue weighted by Gasteiger charge is 2.21. The zero-order chi connectivity index (χ0) is 83.1. The lowest BCUT2D eigenvalue weighted by molar-refractivity contribution is 1.24. The number of thiophene rings is 4. The summed E-state index contributed by atoms with van der Waals surface area (Å²) in [7, 11) is 0. The van der Waals surface area contributed by atoms with Gasteiger partial charge in [0.1, 0.15) is 12.3 Å². The molecule has 124 heavy (non-hydrogen) atoms. The van der Waals surface area contributed by atoms with Gasteiger partial charge < -0.3 is 4.85 Å². The fourth-order valence-corrected chi connectivity index (χ4v) is 21.7. The van der Waals surface area contributed by atoms with Gasteiger partial charge in [0.15, 0.2) is 0 Å². The molecule has 10 heterocycles. The molecule has 14 aromatic carbocycles. The van der Waals surface area contributed by atoms with Gasteiger partial charge in [-0.05, 0) is 208 Å². The predicted molar refractivity (Wildman–Crippen MR) is 520 cm³/mol. The topological polar surface area (TPSA) is 134 Å². The summed E-state index contributed by atoms with van der Waals surface area (Å²) < 4.78 is 10.4. The Hall–Kier alpha value is -16.1. The van der Waals surface area contributed by atoms with Gasteiger partial charge in [-0.1, -0.05) is 225 Å². The van der Waals surface area contributed by atoms with Gasteiger partial charge in [-0.15, -0.1) is 50.3 Å². The summed E-state index contributed by atoms with van der Waals surface area (Å²) >= 11 is 7.34. The van der Waals surface area contributed by atoms with E-state index in [1.807, 2.05) is 106 Å². The third-order valence-electron chi connectivity index (χ3n) is 22.7. The molecule has 0 saturated carbocycles. The molecule has 14 heteroatoms. The highest BCUT2D eigenvalue weighted by atomic mass is 32.1. The number of hydrogen-bond donors (Lipinski definition) is 0. The molecule has 0 radical (unpaired) electrons. The lowest BCUT2D eigenvalue weighted by Gasteiger charge is -2.11. The normalized spacial score (nSPS) is 11.2. The van der Waals surface area contributed by atoms with Gasteiger partial charge in [0.05, 0.1) is 46.5 Å². The summed E-state index contributed by atoms with van der Waals surface area (Å²) in [6, 6.07) is 121. The third-order valence-corrected chi connectivity index (χ3v) is 27.2. The Bertz CT molecular complexity index is 8010. The van der Waals surface area contributed by atoms with E-state index >= 15 is 0 Å². The number of aromatic nitrogens is 6. The smallest absolute Gasteiger partial charge is 0.270 e. The fraction of sp³-hybridized carbons (Fsp3) is 0. The van der Waals surface area contributed by atoms with Crippen molar-refractivity contribution in [1.82, 2.24) is 29.9 Å². The van der Waals surface area contributed by atoms with E-state index < -0.39 is 0 Å². The highest BCUT2D eigenvalue weighted by molar-refractivity contribution is 7.27. The predicted octanol–water partition coefficient (Wildman–Crippen LogP) is 31.4. The number of pyridine rings is 6. The van der Waals surface area contributed by atoms with Crippen LogP contribution in [0, 0.1) is 35.8 Å². The highest BCUT2D eigenvalue weighted by Crippen LogP contribution is 2.49. The molecule has 0 atom stereocenters. The standard InChI is InChI=1S/2C28H16N2S.2C27H15N3S/c1-29-21-14-20(16-30-17-21)18-7-6-8-19(13-18)25-15-27-28(23-10-3-2-9-22(23)25)24-11-4-5-12-26(24)31-27;1-29-27-16-19(13-14-30-27)18-7-6-8-20(15-18)24-17-26-28(22-10-3-2-9-21(22)24)23-11-4-5-12-25(23)31-26;28-14-17-12-18(16-29-15-17)23-9-5-10-24(30-23)22-13-26-27(20-7-2-1-6-19(20)22)21-8-3-4-11-25(21)31-26;28-15-17-11-12-29-24(13-17)23-10-9-18(16-30-23)22-14-26-27(20-6-2-1-5-19(20)22)21-7-3-4-8-25(21)31-26/h2*2-17H;1-13,15-16H;1-14,16H. The second-order valence-corrected chi connectivity index (χ2v) is 34.3. The monoisotopic (exact) mass is 1650 g/mol. The van der Waals surface area contributed by atoms with Gasteiger partial charge in [0.25, 0.3) is 5.82 Å². The third kappa shape index (κ3) is 14.0. The summed E-state index contributed by atoms with van der Waals surface area (Å²) in [5.41, 5.74) is 18.0. The van der Waals surface area contributed by atoms with Crippen LogP contribution in [0.1, 0.15) is 11.1 Å². The molecule has 0 aliphatic carbocycles. The lowest BCUT2D eigenvalue weighted by atomic mass is 9.93. The number of benzene rings is 14. The van der Waals surface area contributed by atoms with Crippen molar-refractivity contribution in [3.8, 4) is 102 Å². The van der Waals surface area contributed by atoms with E-state index in [2.05, 4.69) is 320 Å². The fourth-order valence-electron chi connectivity index (χ4n) is 17.1. The van der Waals surface area contributed by atoms with Crippen LogP contribution in [0.15, 0.2) is 377 Å². The van der Waals surface area contributed by atoms with Gasteiger partial charge in [-0.25, -0.2) is 9.83 Å². The molecule has 10 aromatic heterocycles. The molecule has 0 fully saturated rings. The Kier molecular flexibility index (Phi) is 19.8. The Labute approximate surface area is 728 Å². The Balaban J connectivity index is 0.000000101. The minimum atomic E-state index is 0.417. The van der Waals surface area contributed by atoms with Crippen molar-refractivity contribution in [3.63, 3.8) is 0 Å². The molecule has 0 N–H and O–H groups in total. The van der Waals surface area contributed by atoms with Crippen LogP contribution in [0.4, 0.5) is 11.5 Å². The molecule has 0 aliphatic heterocycles. The van der Waals surface area contributed by atoms with E-state index in [4.69, 9.17) is 23.4 Å². The summed E-state index contributed by atoms with van der Waals surface area (Å²) in [6.07, 6.45) is 12.0. The van der Waals surface area contributed by atoms with Crippen molar-refractivity contribution in [2.75, 3.05) is 0 Å². The molecule has 24 rings (SSSR count). The van der Waals surface area contributed by atoms with Crippen LogP contribution in [0.5, 0.6) is 0 Å². The first kappa shape index (κ1) is 75.3. The first-order chi connectivity index (χ1) is 61.3. The molecule has 0 amide bonds. The van der Waals surface area contributed by atoms with E-state index in [9.17, 15) is 5.26 Å².